The van der Waals surface area contributed by atoms with Crippen LogP contribution in [-0.2, 0) is 9.53 Å². The maximum absolute atomic E-state index is 11.1. The van der Waals surface area contributed by atoms with E-state index in [1.807, 2.05) is 12.3 Å². The summed E-state index contributed by atoms with van der Waals surface area (Å²) in [6, 6.07) is 0. The van der Waals surface area contributed by atoms with Gasteiger partial charge in [0.15, 0.2) is 0 Å². The van der Waals surface area contributed by atoms with Gasteiger partial charge in [-0.15, -0.1) is 11.3 Å². The SMILES string of the molecule is COC(=O)C(C)c1csc(C)n1. The number of carbonyl (C=O) groups excluding carboxylic acids is 1. The van der Waals surface area contributed by atoms with Crippen LogP contribution in [0, 0.1) is 6.92 Å². The van der Waals surface area contributed by atoms with Crippen molar-refractivity contribution in [3.05, 3.63) is 16.1 Å². The summed E-state index contributed by atoms with van der Waals surface area (Å²) in [5.74, 6) is -0.486. The number of esters is 1. The zero-order chi connectivity index (χ0) is 9.14. The Morgan fingerprint density at radius 3 is 2.83 bits per heavy atom. The molecule has 4 heteroatoms. The Morgan fingerprint density at radius 1 is 1.75 bits per heavy atom. The van der Waals surface area contributed by atoms with E-state index in [0.29, 0.717) is 0 Å². The van der Waals surface area contributed by atoms with Gasteiger partial charge in [0.25, 0.3) is 0 Å². The Bertz CT molecular complexity index is 282. The second kappa shape index (κ2) is 3.67. The third-order valence-electron chi connectivity index (χ3n) is 1.64. The zero-order valence-electron chi connectivity index (χ0n) is 7.33. The summed E-state index contributed by atoms with van der Waals surface area (Å²) >= 11 is 1.54. The molecule has 1 unspecified atom stereocenters. The van der Waals surface area contributed by atoms with Gasteiger partial charge in [0.05, 0.1) is 23.7 Å². The lowest BCUT2D eigenvalue weighted by Crippen LogP contribution is -2.10. The molecule has 0 aliphatic carbocycles. The minimum Gasteiger partial charge on any atom is -0.469 e. The monoisotopic (exact) mass is 185 g/mol. The average molecular weight is 185 g/mol. The van der Waals surface area contributed by atoms with E-state index in [2.05, 4.69) is 9.72 Å². The number of hydrogen-bond acceptors (Lipinski definition) is 4. The second-order valence-corrected chi connectivity index (χ2v) is 3.60. The first kappa shape index (κ1) is 9.19. The molecule has 3 nitrogen and oxygen atoms in total. The molecule has 0 amide bonds. The lowest BCUT2D eigenvalue weighted by molar-refractivity contribution is -0.142. The van der Waals surface area contributed by atoms with Crippen LogP contribution in [0.1, 0.15) is 23.5 Å². The number of methoxy groups -OCH3 is 1. The molecule has 0 saturated heterocycles. The molecule has 66 valence electrons. The van der Waals surface area contributed by atoms with Gasteiger partial charge in [0.2, 0.25) is 0 Å². The highest BCUT2D eigenvalue weighted by molar-refractivity contribution is 7.09. The first-order valence-electron chi connectivity index (χ1n) is 3.65. The van der Waals surface area contributed by atoms with Crippen molar-refractivity contribution >= 4 is 17.3 Å². The molecule has 12 heavy (non-hydrogen) atoms. The van der Waals surface area contributed by atoms with Crippen LogP contribution in [0.4, 0.5) is 0 Å². The molecule has 0 fully saturated rings. The summed E-state index contributed by atoms with van der Waals surface area (Å²) in [5, 5.41) is 2.86. The van der Waals surface area contributed by atoms with E-state index in [0.717, 1.165) is 10.7 Å². The summed E-state index contributed by atoms with van der Waals surface area (Å²) in [6.07, 6.45) is 0. The predicted octanol–water partition coefficient (Wildman–Crippen LogP) is 1.73. The third kappa shape index (κ3) is 1.82. The fraction of sp³-hybridized carbons (Fsp3) is 0.500. The molecule has 0 radical (unpaired) electrons. The number of carbonyl (C=O) groups is 1. The fourth-order valence-corrected chi connectivity index (χ4v) is 1.58. The number of thiazole rings is 1. The molecular weight excluding hydrogens is 174 g/mol. The van der Waals surface area contributed by atoms with Crippen molar-refractivity contribution in [2.45, 2.75) is 19.8 Å². The van der Waals surface area contributed by atoms with E-state index in [1.54, 1.807) is 18.3 Å². The van der Waals surface area contributed by atoms with Crippen LogP contribution >= 0.6 is 11.3 Å². The third-order valence-corrected chi connectivity index (χ3v) is 2.43. The van der Waals surface area contributed by atoms with Crippen molar-refractivity contribution in [1.82, 2.24) is 4.98 Å². The van der Waals surface area contributed by atoms with Crippen LogP contribution in [0.25, 0.3) is 0 Å². The van der Waals surface area contributed by atoms with Crippen LogP contribution in [0.2, 0.25) is 0 Å². The van der Waals surface area contributed by atoms with Crippen molar-refractivity contribution in [2.24, 2.45) is 0 Å². The van der Waals surface area contributed by atoms with Gasteiger partial charge in [-0.2, -0.15) is 0 Å². The normalized spacial score (nSPS) is 12.6. The standard InChI is InChI=1S/C8H11NO2S/c1-5(8(10)11-3)7-4-12-6(2)9-7/h4-5H,1-3H3. The van der Waals surface area contributed by atoms with Gasteiger partial charge in [0.1, 0.15) is 0 Å². The number of rotatable bonds is 2. The van der Waals surface area contributed by atoms with E-state index < -0.39 is 0 Å². The van der Waals surface area contributed by atoms with Gasteiger partial charge in [0, 0.05) is 5.38 Å². The number of nitrogens with zero attached hydrogens (tertiary/aromatic N) is 1. The first-order chi connectivity index (χ1) is 5.65. The molecule has 0 saturated carbocycles. The highest BCUT2D eigenvalue weighted by Gasteiger charge is 2.17. The molecule has 0 spiro atoms. The molecule has 1 aromatic heterocycles. The minimum absolute atomic E-state index is 0.236. The highest BCUT2D eigenvalue weighted by atomic mass is 32.1. The number of aromatic nitrogens is 1. The molecule has 0 N–H and O–H groups in total. The van der Waals surface area contributed by atoms with Gasteiger partial charge in [-0.1, -0.05) is 0 Å². The van der Waals surface area contributed by atoms with Crippen molar-refractivity contribution in [2.75, 3.05) is 7.11 Å². The van der Waals surface area contributed by atoms with Crippen molar-refractivity contribution < 1.29 is 9.53 Å². The van der Waals surface area contributed by atoms with Crippen LogP contribution in [0.5, 0.6) is 0 Å². The molecule has 0 aliphatic heterocycles. The first-order valence-corrected chi connectivity index (χ1v) is 4.53. The van der Waals surface area contributed by atoms with Crippen LogP contribution < -0.4 is 0 Å². The van der Waals surface area contributed by atoms with E-state index >= 15 is 0 Å². The van der Waals surface area contributed by atoms with Crippen molar-refractivity contribution in [1.29, 1.82) is 0 Å². The van der Waals surface area contributed by atoms with Gasteiger partial charge in [-0.05, 0) is 13.8 Å². The van der Waals surface area contributed by atoms with E-state index in [4.69, 9.17) is 0 Å². The fourth-order valence-electron chi connectivity index (χ4n) is 0.877. The van der Waals surface area contributed by atoms with Gasteiger partial charge in [-0.3, -0.25) is 4.79 Å². The summed E-state index contributed by atoms with van der Waals surface area (Å²) in [7, 11) is 1.39. The van der Waals surface area contributed by atoms with Crippen LogP contribution in [0.15, 0.2) is 5.38 Å². The molecule has 0 bridgehead atoms. The van der Waals surface area contributed by atoms with Crippen LogP contribution in [0.3, 0.4) is 0 Å². The maximum atomic E-state index is 11.1. The summed E-state index contributed by atoms with van der Waals surface area (Å²) in [5.41, 5.74) is 0.796. The number of hydrogen-bond donors (Lipinski definition) is 0. The molecule has 1 aromatic rings. The Balaban J connectivity index is 2.77. The molecule has 0 aromatic carbocycles. The zero-order valence-corrected chi connectivity index (χ0v) is 8.14. The minimum atomic E-state index is -0.250. The topological polar surface area (TPSA) is 39.2 Å². The van der Waals surface area contributed by atoms with Crippen LogP contribution in [-0.4, -0.2) is 18.1 Å². The molecular formula is C8H11NO2S. The average Bonchev–Trinajstić information content (AvgIpc) is 2.49. The molecule has 0 aliphatic rings. The van der Waals surface area contributed by atoms with Crippen molar-refractivity contribution in [3.8, 4) is 0 Å². The highest BCUT2D eigenvalue weighted by Crippen LogP contribution is 2.18. The molecule has 1 atom stereocenters. The lowest BCUT2D eigenvalue weighted by atomic mass is 10.1. The Morgan fingerprint density at radius 2 is 2.42 bits per heavy atom. The number of ether oxygens (including phenoxy) is 1. The maximum Gasteiger partial charge on any atom is 0.314 e. The van der Waals surface area contributed by atoms with Gasteiger partial charge < -0.3 is 4.74 Å². The lowest BCUT2D eigenvalue weighted by Gasteiger charge is -2.04. The quantitative estimate of drug-likeness (QED) is 0.659. The Hall–Kier alpha value is -0.900. The summed E-state index contributed by atoms with van der Waals surface area (Å²) in [6.45, 7) is 3.71. The Labute approximate surface area is 75.4 Å². The second-order valence-electron chi connectivity index (χ2n) is 2.54. The summed E-state index contributed by atoms with van der Waals surface area (Å²) in [4.78, 5) is 15.3. The smallest absolute Gasteiger partial charge is 0.314 e. The Kier molecular flexibility index (Phi) is 2.81. The molecule has 1 rings (SSSR count). The van der Waals surface area contributed by atoms with Crippen molar-refractivity contribution in [3.63, 3.8) is 0 Å². The summed E-state index contributed by atoms with van der Waals surface area (Å²) < 4.78 is 4.60. The van der Waals surface area contributed by atoms with Gasteiger partial charge in [-0.25, -0.2) is 4.98 Å². The molecule has 1 heterocycles. The van der Waals surface area contributed by atoms with E-state index in [9.17, 15) is 4.79 Å². The predicted molar refractivity (Wildman–Crippen MR) is 47.3 cm³/mol. The van der Waals surface area contributed by atoms with E-state index in [1.165, 1.54) is 7.11 Å². The van der Waals surface area contributed by atoms with Gasteiger partial charge >= 0.3 is 5.97 Å². The number of aryl methyl sites for hydroxylation is 1. The van der Waals surface area contributed by atoms with E-state index in [-0.39, 0.29) is 11.9 Å². The largest absolute Gasteiger partial charge is 0.469 e.